The number of primary sulfonamides is 1. The molecule has 1 unspecified atom stereocenters. The van der Waals surface area contributed by atoms with Gasteiger partial charge in [0.25, 0.3) is 0 Å². The smallest absolute Gasteiger partial charge is 0.338 e. The second-order valence-corrected chi connectivity index (χ2v) is 8.32. The van der Waals surface area contributed by atoms with Crippen LogP contribution >= 0.6 is 0 Å². The lowest BCUT2D eigenvalue weighted by Gasteiger charge is -2.23. The minimum atomic E-state index is -4.62. The van der Waals surface area contributed by atoms with Crippen molar-refractivity contribution in [3.05, 3.63) is 71.9 Å². The zero-order valence-corrected chi connectivity index (χ0v) is 17.5. The average molecular weight is 480 g/mol. The predicted molar refractivity (Wildman–Crippen MR) is 112 cm³/mol. The summed E-state index contributed by atoms with van der Waals surface area (Å²) in [5.41, 5.74) is 0.0707. The van der Waals surface area contributed by atoms with E-state index in [1.807, 2.05) is 0 Å². The number of anilines is 3. The Balaban J connectivity index is 1.85. The molecule has 8 nitrogen and oxygen atoms in total. The lowest BCUT2D eigenvalue weighted by Crippen LogP contribution is -2.25. The lowest BCUT2D eigenvalue weighted by atomic mass is 9.91. The molecule has 1 heterocycles. The second-order valence-electron chi connectivity index (χ2n) is 6.75. The molecule has 0 aliphatic heterocycles. The molecule has 33 heavy (non-hydrogen) atoms. The number of hydrogen-bond donors (Lipinski definition) is 3. The lowest BCUT2D eigenvalue weighted by molar-refractivity contribution is -0.151. The van der Waals surface area contributed by atoms with E-state index in [0.717, 1.165) is 12.3 Å². The first kappa shape index (κ1) is 23.9. The Labute approximate surface area is 186 Å². The molecule has 0 spiro atoms. The number of benzene rings is 1. The number of alkyl halides is 3. The van der Waals surface area contributed by atoms with E-state index >= 15 is 0 Å². The Bertz CT molecular complexity index is 1300. The van der Waals surface area contributed by atoms with E-state index in [2.05, 4.69) is 20.6 Å². The van der Waals surface area contributed by atoms with E-state index < -0.39 is 33.8 Å². The van der Waals surface area contributed by atoms with Crippen LogP contribution in [-0.2, 0) is 10.0 Å². The van der Waals surface area contributed by atoms with Gasteiger partial charge in [0.2, 0.25) is 16.0 Å². The summed E-state index contributed by atoms with van der Waals surface area (Å²) in [5, 5.41) is 18.9. The van der Waals surface area contributed by atoms with Crippen molar-refractivity contribution in [3.63, 3.8) is 0 Å². The van der Waals surface area contributed by atoms with Crippen molar-refractivity contribution in [2.75, 3.05) is 10.6 Å². The van der Waals surface area contributed by atoms with Crippen LogP contribution in [0.2, 0.25) is 0 Å². The van der Waals surface area contributed by atoms with Crippen LogP contribution < -0.4 is 15.8 Å². The first-order valence-electron chi connectivity index (χ1n) is 9.20. The Morgan fingerprint density at radius 3 is 2.67 bits per heavy atom. The van der Waals surface area contributed by atoms with Gasteiger partial charge in [0.1, 0.15) is 0 Å². The van der Waals surface area contributed by atoms with Crippen LogP contribution in [0.15, 0.2) is 70.9 Å². The number of aromatic nitrogens is 2. The Morgan fingerprint density at radius 2 is 2.00 bits per heavy atom. The molecule has 0 saturated heterocycles. The number of hydrogen-bond acceptors (Lipinski definition) is 7. The minimum Gasteiger partial charge on any atom is -0.338 e. The van der Waals surface area contributed by atoms with Crippen LogP contribution in [0.1, 0.15) is 6.42 Å². The van der Waals surface area contributed by atoms with Crippen molar-refractivity contribution in [1.82, 2.24) is 9.97 Å². The average Bonchev–Trinajstić information content (AvgIpc) is 2.74. The van der Waals surface area contributed by atoms with Crippen LogP contribution in [0.25, 0.3) is 0 Å². The van der Waals surface area contributed by atoms with E-state index in [4.69, 9.17) is 10.4 Å². The maximum Gasteiger partial charge on any atom is 0.399 e. The summed E-state index contributed by atoms with van der Waals surface area (Å²) in [4.78, 5) is 7.47. The first-order chi connectivity index (χ1) is 15.5. The van der Waals surface area contributed by atoms with Crippen LogP contribution in [-0.4, -0.2) is 24.6 Å². The number of halogens is 4. The largest absolute Gasteiger partial charge is 0.399 e. The van der Waals surface area contributed by atoms with Crippen molar-refractivity contribution < 1.29 is 26.0 Å². The standard InChI is InChI=1S/C20H16F4N6O2S/c21-17-11-27-19(29-13-4-1-5-15(9-13)33(26,31)32)30-18(17)28-14-7-6-12(3-2-8-25)16(10-14)20(22,23)24/h1,3-7,9-11,16H,2H2,(H2,26,31,32)(H2,27,28,29,30). The van der Waals surface area contributed by atoms with Gasteiger partial charge in [0.15, 0.2) is 11.6 Å². The van der Waals surface area contributed by atoms with Crippen molar-refractivity contribution in [1.29, 1.82) is 5.26 Å². The molecule has 4 N–H and O–H groups in total. The van der Waals surface area contributed by atoms with Gasteiger partial charge >= 0.3 is 6.18 Å². The molecule has 172 valence electrons. The highest BCUT2D eigenvalue weighted by Crippen LogP contribution is 2.37. The van der Waals surface area contributed by atoms with Crippen molar-refractivity contribution >= 4 is 27.5 Å². The molecule has 0 saturated carbocycles. The molecule has 1 aromatic heterocycles. The van der Waals surface area contributed by atoms with Crippen LogP contribution in [0.5, 0.6) is 0 Å². The second kappa shape index (κ2) is 9.39. The zero-order chi connectivity index (χ0) is 24.2. The van der Waals surface area contributed by atoms with E-state index in [-0.39, 0.29) is 34.2 Å². The number of nitrogens with zero attached hydrogens (tertiary/aromatic N) is 3. The molecule has 0 amide bonds. The monoisotopic (exact) mass is 480 g/mol. The number of sulfonamides is 1. The van der Waals surface area contributed by atoms with E-state index in [0.29, 0.717) is 0 Å². The summed E-state index contributed by atoms with van der Waals surface area (Å²) >= 11 is 0. The van der Waals surface area contributed by atoms with Gasteiger partial charge in [-0.25, -0.2) is 22.9 Å². The number of nitriles is 1. The maximum absolute atomic E-state index is 14.2. The molecule has 1 aliphatic carbocycles. The maximum atomic E-state index is 14.2. The molecular weight excluding hydrogens is 464 g/mol. The Morgan fingerprint density at radius 1 is 1.24 bits per heavy atom. The van der Waals surface area contributed by atoms with Gasteiger partial charge in [-0.2, -0.15) is 23.4 Å². The highest BCUT2D eigenvalue weighted by atomic mass is 32.2. The molecule has 0 fully saturated rings. The third kappa shape index (κ3) is 6.15. The summed E-state index contributed by atoms with van der Waals surface area (Å²) in [5.74, 6) is -3.46. The minimum absolute atomic E-state index is 0.0637. The molecular formula is C20H16F4N6O2S. The molecule has 1 aliphatic rings. The van der Waals surface area contributed by atoms with Crippen LogP contribution in [0.3, 0.4) is 0 Å². The van der Waals surface area contributed by atoms with Gasteiger partial charge < -0.3 is 10.6 Å². The normalized spacial score (nSPS) is 17.4. The molecule has 2 aromatic rings. The third-order valence-electron chi connectivity index (χ3n) is 4.37. The molecule has 0 radical (unpaired) electrons. The Kier molecular flexibility index (Phi) is 6.80. The molecule has 0 bridgehead atoms. The van der Waals surface area contributed by atoms with Crippen molar-refractivity contribution in [3.8, 4) is 6.07 Å². The summed E-state index contributed by atoms with van der Waals surface area (Å²) in [6.45, 7) is 0. The number of rotatable bonds is 6. The number of allylic oxidation sites excluding steroid dienone is 5. The summed E-state index contributed by atoms with van der Waals surface area (Å²) in [7, 11) is -3.96. The van der Waals surface area contributed by atoms with Gasteiger partial charge in [-0.05, 0) is 35.9 Å². The molecule has 1 aromatic carbocycles. The third-order valence-corrected chi connectivity index (χ3v) is 5.28. The summed E-state index contributed by atoms with van der Waals surface area (Å²) in [6, 6.07) is 7.15. The van der Waals surface area contributed by atoms with Gasteiger partial charge in [0.05, 0.1) is 29.5 Å². The van der Waals surface area contributed by atoms with Gasteiger partial charge in [-0.3, -0.25) is 0 Å². The number of nitrogens with two attached hydrogens (primary N) is 1. The van der Waals surface area contributed by atoms with E-state index in [9.17, 15) is 26.0 Å². The highest BCUT2D eigenvalue weighted by molar-refractivity contribution is 7.89. The molecule has 13 heteroatoms. The summed E-state index contributed by atoms with van der Waals surface area (Å²) < 4.78 is 77.5. The summed E-state index contributed by atoms with van der Waals surface area (Å²) in [6.07, 6.45) is 0.506. The zero-order valence-electron chi connectivity index (χ0n) is 16.6. The van der Waals surface area contributed by atoms with Gasteiger partial charge in [-0.1, -0.05) is 18.2 Å². The molecule has 1 atom stereocenters. The van der Waals surface area contributed by atoms with Crippen molar-refractivity contribution in [2.45, 2.75) is 17.5 Å². The quantitative estimate of drug-likeness (QED) is 0.534. The topological polar surface area (TPSA) is 134 Å². The van der Waals surface area contributed by atoms with E-state index in [1.165, 1.54) is 42.5 Å². The SMILES string of the molecule is N#CCC=C1C=CC(Nc2nc(Nc3cccc(S(N)(=O)=O)c3)ncc2F)=CC1C(F)(F)F. The predicted octanol–water partition coefficient (Wildman–Crippen LogP) is 3.89. The fourth-order valence-electron chi connectivity index (χ4n) is 2.88. The highest BCUT2D eigenvalue weighted by Gasteiger charge is 2.41. The van der Waals surface area contributed by atoms with Gasteiger partial charge in [-0.15, -0.1) is 0 Å². The molecule has 3 rings (SSSR count). The fourth-order valence-corrected chi connectivity index (χ4v) is 3.44. The van der Waals surface area contributed by atoms with Crippen LogP contribution in [0, 0.1) is 23.1 Å². The van der Waals surface area contributed by atoms with Gasteiger partial charge in [0, 0.05) is 11.4 Å². The fraction of sp³-hybridized carbons (Fsp3) is 0.150. The van der Waals surface area contributed by atoms with E-state index in [1.54, 1.807) is 6.07 Å². The first-order valence-corrected chi connectivity index (χ1v) is 10.7. The van der Waals surface area contributed by atoms with Crippen molar-refractivity contribution in [2.24, 2.45) is 11.1 Å². The van der Waals surface area contributed by atoms with Crippen LogP contribution in [0.4, 0.5) is 35.0 Å². The number of nitrogens with one attached hydrogen (secondary N) is 2. The Hall–Kier alpha value is -3.76.